The monoisotopic (exact) mass is 366 g/mol. The summed E-state index contributed by atoms with van der Waals surface area (Å²) in [7, 11) is -10.0. The van der Waals surface area contributed by atoms with Crippen LogP contribution in [0, 0.1) is 0 Å². The number of rotatable bonds is 6. The predicted molar refractivity (Wildman–Crippen MR) is 73.2 cm³/mol. The summed E-state index contributed by atoms with van der Waals surface area (Å²) in [5.74, 6) is 1.71. The summed E-state index contributed by atoms with van der Waals surface area (Å²) < 4.78 is 58.9. The lowest BCUT2D eigenvalue weighted by molar-refractivity contribution is -0.105. The maximum atomic E-state index is 9.51. The molecule has 116 valence electrons. The molecule has 8 nitrogen and oxygen atoms in total. The molecule has 1 aromatic carbocycles. The van der Waals surface area contributed by atoms with E-state index in [4.69, 9.17) is 20.7 Å². The highest BCUT2D eigenvalue weighted by Crippen LogP contribution is 2.16. The third-order valence-corrected chi connectivity index (χ3v) is 3.28. The maximum absolute atomic E-state index is 9.51. The van der Waals surface area contributed by atoms with Crippen LogP contribution in [0.25, 0.3) is 0 Å². The molecular weight excluding hydrogens is 356 g/mol. The molecule has 0 amide bonds. The second-order valence-electron chi connectivity index (χ2n) is 2.84. The van der Waals surface area contributed by atoms with E-state index in [1.54, 1.807) is 11.8 Å². The van der Waals surface area contributed by atoms with Crippen molar-refractivity contribution in [3.8, 4) is 0 Å². The van der Waals surface area contributed by atoms with Crippen molar-refractivity contribution in [2.24, 2.45) is 0 Å². The van der Waals surface area contributed by atoms with Crippen molar-refractivity contribution in [2.75, 3.05) is 11.6 Å². The van der Waals surface area contributed by atoms with E-state index in [-0.39, 0.29) is 0 Å². The number of hydrogen-bond acceptors (Lipinski definition) is 7. The Hall–Kier alpha value is -0.400. The van der Waals surface area contributed by atoms with Crippen molar-refractivity contribution in [1.82, 2.24) is 0 Å². The fourth-order valence-electron chi connectivity index (χ4n) is 0.743. The van der Waals surface area contributed by atoms with Gasteiger partial charge < -0.3 is 0 Å². The summed E-state index contributed by atoms with van der Waals surface area (Å²) in [6.45, 7) is 0. The first-order chi connectivity index (χ1) is 9.14. The van der Waals surface area contributed by atoms with Gasteiger partial charge in [-0.15, -0.1) is 23.4 Å². The lowest BCUT2D eigenvalue weighted by Crippen LogP contribution is -2.10. The molecule has 0 spiro atoms. The molecule has 12 heteroatoms. The van der Waals surface area contributed by atoms with Crippen molar-refractivity contribution >= 4 is 44.2 Å². The van der Waals surface area contributed by atoms with Crippen LogP contribution in [-0.4, -0.2) is 37.6 Å². The Labute approximate surface area is 125 Å². The smallest absolute Gasteiger partial charge is 0.262 e. The topological polar surface area (TPSA) is 127 Å². The first-order valence-corrected chi connectivity index (χ1v) is 8.95. The van der Waals surface area contributed by atoms with Gasteiger partial charge in [0.25, 0.3) is 0 Å². The molecule has 0 unspecified atom stereocenters. The van der Waals surface area contributed by atoms with Gasteiger partial charge in [-0.25, -0.2) is 0 Å². The molecule has 1 rings (SSSR count). The third-order valence-electron chi connectivity index (χ3n) is 1.29. The van der Waals surface area contributed by atoms with Gasteiger partial charge in [-0.3, -0.25) is 9.11 Å². The minimum absolute atomic E-state index is 0.722. The van der Waals surface area contributed by atoms with Crippen molar-refractivity contribution in [3.05, 3.63) is 30.3 Å². The van der Waals surface area contributed by atoms with Gasteiger partial charge in [0.1, 0.15) is 0 Å². The Balaban J connectivity index is 0.000000361. The Kier molecular flexibility index (Phi) is 9.33. The van der Waals surface area contributed by atoms with E-state index in [2.05, 4.69) is 20.8 Å². The van der Waals surface area contributed by atoms with Crippen molar-refractivity contribution in [3.63, 3.8) is 0 Å². The summed E-state index contributed by atoms with van der Waals surface area (Å²) >= 11 is 7.32. The molecule has 2 N–H and O–H groups in total. The first kappa shape index (κ1) is 19.6. The zero-order valence-electron chi connectivity index (χ0n) is 9.75. The van der Waals surface area contributed by atoms with Gasteiger partial charge in [0, 0.05) is 16.5 Å². The molecule has 0 aliphatic rings. The number of halogens is 1. The Morgan fingerprint density at radius 1 is 1.00 bits per heavy atom. The van der Waals surface area contributed by atoms with Crippen LogP contribution in [0.15, 0.2) is 35.2 Å². The number of alkyl halides is 1. The van der Waals surface area contributed by atoms with Crippen LogP contribution in [0.1, 0.15) is 0 Å². The van der Waals surface area contributed by atoms with E-state index in [1.807, 2.05) is 18.2 Å². The van der Waals surface area contributed by atoms with Gasteiger partial charge in [-0.05, 0) is 12.1 Å². The van der Waals surface area contributed by atoms with E-state index in [0.29, 0.717) is 0 Å². The quantitative estimate of drug-likeness (QED) is 0.253. The second kappa shape index (κ2) is 9.52. The van der Waals surface area contributed by atoms with E-state index < -0.39 is 20.8 Å². The van der Waals surface area contributed by atoms with Crippen LogP contribution in [0.5, 0.6) is 0 Å². The van der Waals surface area contributed by atoms with E-state index in [1.165, 1.54) is 4.90 Å². The van der Waals surface area contributed by atoms with Gasteiger partial charge in [-0.1, -0.05) is 26.9 Å². The predicted octanol–water partition coefficient (Wildman–Crippen LogP) is 1.56. The van der Waals surface area contributed by atoms with Crippen LogP contribution in [-0.2, 0) is 29.5 Å². The van der Waals surface area contributed by atoms with E-state index in [0.717, 1.165) is 11.6 Å². The Morgan fingerprint density at radius 3 is 1.80 bits per heavy atom. The summed E-state index contributed by atoms with van der Waals surface area (Å²) in [5, 5.41) is 0. The normalized spacial score (nSPS) is 11.6. The van der Waals surface area contributed by atoms with Crippen LogP contribution < -0.4 is 0 Å². The first-order valence-electron chi connectivity index (χ1n) is 4.70. The van der Waals surface area contributed by atoms with Gasteiger partial charge in [0.05, 0.1) is 0 Å². The van der Waals surface area contributed by atoms with Crippen LogP contribution in [0.3, 0.4) is 0 Å². The fourth-order valence-corrected chi connectivity index (χ4v) is 2.20. The molecule has 0 fully saturated rings. The van der Waals surface area contributed by atoms with Crippen LogP contribution in [0.4, 0.5) is 0 Å². The Bertz CT molecular complexity index is 539. The van der Waals surface area contributed by atoms with Crippen LogP contribution in [0.2, 0.25) is 0 Å². The molecule has 0 atom stereocenters. The standard InChI is InChI=1S/C8H9ClS.H2O8S2/c9-6-7-10-8-4-2-1-3-5-8;1-9(2,3)7-8-10(4,5)6/h1-5H,6-7H2;(H,1,2,3)(H,4,5,6). The lowest BCUT2D eigenvalue weighted by Gasteiger charge is -1.95. The number of benzene rings is 1. The molecule has 0 saturated heterocycles. The molecule has 0 bridgehead atoms. The fraction of sp³-hybridized carbons (Fsp3) is 0.250. The SMILES string of the molecule is ClCCSc1ccccc1.O=S(=O)(O)OOS(=O)(=O)O. The summed E-state index contributed by atoms with van der Waals surface area (Å²) in [5.41, 5.74) is 0. The highest BCUT2D eigenvalue weighted by molar-refractivity contribution is 7.99. The summed E-state index contributed by atoms with van der Waals surface area (Å²) in [4.78, 5) is 1.29. The molecule has 0 aliphatic carbocycles. The number of hydrogen-bond donors (Lipinski definition) is 2. The van der Waals surface area contributed by atoms with Crippen molar-refractivity contribution < 1.29 is 34.6 Å². The van der Waals surface area contributed by atoms with Gasteiger partial charge in [0.2, 0.25) is 0 Å². The van der Waals surface area contributed by atoms with Gasteiger partial charge in [0.15, 0.2) is 0 Å². The molecular formula is C8H11ClO8S3. The zero-order chi connectivity index (χ0) is 15.6. The molecule has 0 radical (unpaired) electrons. The van der Waals surface area contributed by atoms with Crippen LogP contribution >= 0.6 is 23.4 Å². The zero-order valence-corrected chi connectivity index (χ0v) is 13.0. The molecule has 0 aromatic heterocycles. The molecule has 1 aromatic rings. The minimum Gasteiger partial charge on any atom is -0.262 e. The highest BCUT2D eigenvalue weighted by Gasteiger charge is 2.13. The molecule has 0 aliphatic heterocycles. The second-order valence-corrected chi connectivity index (χ2v) is 6.37. The molecule has 0 heterocycles. The average molecular weight is 367 g/mol. The van der Waals surface area contributed by atoms with Crippen molar-refractivity contribution in [1.29, 1.82) is 0 Å². The molecule has 20 heavy (non-hydrogen) atoms. The average Bonchev–Trinajstić information content (AvgIpc) is 2.35. The Morgan fingerprint density at radius 2 is 1.45 bits per heavy atom. The van der Waals surface area contributed by atoms with E-state index in [9.17, 15) is 16.8 Å². The van der Waals surface area contributed by atoms with Gasteiger partial charge >= 0.3 is 20.8 Å². The molecule has 0 saturated carbocycles. The summed E-state index contributed by atoms with van der Waals surface area (Å²) in [6.07, 6.45) is 0. The van der Waals surface area contributed by atoms with Gasteiger partial charge in [-0.2, -0.15) is 16.8 Å². The maximum Gasteiger partial charge on any atom is 0.425 e. The number of thioether (sulfide) groups is 1. The third kappa shape index (κ3) is 14.0. The highest BCUT2D eigenvalue weighted by atomic mass is 35.5. The largest absolute Gasteiger partial charge is 0.425 e. The summed E-state index contributed by atoms with van der Waals surface area (Å²) in [6, 6.07) is 10.3. The minimum atomic E-state index is -5.02. The van der Waals surface area contributed by atoms with E-state index >= 15 is 0 Å². The lowest BCUT2D eigenvalue weighted by atomic mass is 10.4. The van der Waals surface area contributed by atoms with Crippen molar-refractivity contribution in [2.45, 2.75) is 4.90 Å².